The minimum Gasteiger partial charge on any atom is -0.476 e. The average Bonchev–Trinajstić information content (AvgIpc) is 3.19. The minimum absolute atomic E-state index is 0.133. The molecule has 2 amide bonds. The molecule has 1 aliphatic carbocycles. The van der Waals surface area contributed by atoms with E-state index < -0.39 is 5.60 Å². The third-order valence-electron chi connectivity index (χ3n) is 5.67. The number of carbonyl (C=O) groups is 2. The van der Waals surface area contributed by atoms with Gasteiger partial charge in [0.15, 0.2) is 5.60 Å². The van der Waals surface area contributed by atoms with Crippen LogP contribution in [0.2, 0.25) is 10.0 Å². The second kappa shape index (κ2) is 8.12. The molecular formula is C23H24Cl2N2O3. The van der Waals surface area contributed by atoms with Crippen molar-refractivity contribution in [3.8, 4) is 5.75 Å². The van der Waals surface area contributed by atoms with E-state index in [9.17, 15) is 9.59 Å². The lowest BCUT2D eigenvalue weighted by Crippen LogP contribution is -2.52. The van der Waals surface area contributed by atoms with Crippen molar-refractivity contribution in [2.45, 2.75) is 57.7 Å². The van der Waals surface area contributed by atoms with Crippen LogP contribution in [0.25, 0.3) is 0 Å². The van der Waals surface area contributed by atoms with Crippen LogP contribution >= 0.6 is 23.2 Å². The fraction of sp³-hybridized carbons (Fsp3) is 0.391. The first-order valence-corrected chi connectivity index (χ1v) is 10.9. The molecule has 5 nitrogen and oxygen atoms in total. The third kappa shape index (κ3) is 4.14. The highest BCUT2D eigenvalue weighted by Gasteiger charge is 2.41. The summed E-state index contributed by atoms with van der Waals surface area (Å²) in [5.41, 5.74) is 0.798. The molecule has 30 heavy (non-hydrogen) atoms. The Morgan fingerprint density at radius 3 is 2.60 bits per heavy atom. The number of anilines is 1. The summed E-state index contributed by atoms with van der Waals surface area (Å²) in [5.74, 6) is 0.225. The summed E-state index contributed by atoms with van der Waals surface area (Å²) in [5, 5.41) is 4.10. The van der Waals surface area contributed by atoms with Crippen LogP contribution in [0, 0.1) is 0 Å². The molecule has 1 N–H and O–H groups in total. The van der Waals surface area contributed by atoms with Gasteiger partial charge in [-0.3, -0.25) is 9.59 Å². The van der Waals surface area contributed by atoms with Gasteiger partial charge >= 0.3 is 0 Å². The zero-order chi connectivity index (χ0) is 21.5. The van der Waals surface area contributed by atoms with Gasteiger partial charge in [0.25, 0.3) is 11.8 Å². The number of carbonyl (C=O) groups excluding carboxylic acids is 2. The minimum atomic E-state index is -1.03. The smallest absolute Gasteiger partial charge is 0.271 e. The molecule has 1 saturated carbocycles. The molecule has 0 aromatic heterocycles. The molecule has 0 bridgehead atoms. The third-order valence-corrected chi connectivity index (χ3v) is 6.26. The Balaban J connectivity index is 1.67. The van der Waals surface area contributed by atoms with E-state index in [2.05, 4.69) is 5.32 Å². The quantitative estimate of drug-likeness (QED) is 0.686. The van der Waals surface area contributed by atoms with Crippen LogP contribution in [-0.2, 0) is 11.3 Å². The van der Waals surface area contributed by atoms with E-state index in [1.54, 1.807) is 55.1 Å². The van der Waals surface area contributed by atoms with Crippen molar-refractivity contribution >= 4 is 40.7 Å². The number of hydrogen-bond acceptors (Lipinski definition) is 3. The number of nitrogens with zero attached hydrogens (tertiary/aromatic N) is 1. The second-order valence-electron chi connectivity index (χ2n) is 8.38. The van der Waals surface area contributed by atoms with Gasteiger partial charge in [-0.2, -0.15) is 0 Å². The van der Waals surface area contributed by atoms with Gasteiger partial charge in [0.1, 0.15) is 5.75 Å². The van der Waals surface area contributed by atoms with Crippen LogP contribution in [0.4, 0.5) is 5.69 Å². The molecule has 2 aromatic carbocycles. The molecule has 2 aromatic rings. The van der Waals surface area contributed by atoms with E-state index in [0.29, 0.717) is 27.0 Å². The zero-order valence-electron chi connectivity index (χ0n) is 17.0. The summed E-state index contributed by atoms with van der Waals surface area (Å²) in [4.78, 5) is 27.6. The Bertz CT molecular complexity index is 1000. The molecule has 0 spiro atoms. The maximum absolute atomic E-state index is 13.2. The lowest BCUT2D eigenvalue weighted by Gasteiger charge is -2.39. The highest BCUT2D eigenvalue weighted by atomic mass is 35.5. The SMILES string of the molecule is CC1(C)Oc2ccc(C(=O)NC3CCCC3)cc2N(Cc2ccc(Cl)cc2Cl)C1=O. The van der Waals surface area contributed by atoms with Crippen molar-refractivity contribution in [2.75, 3.05) is 4.90 Å². The van der Waals surface area contributed by atoms with Crippen LogP contribution in [0.3, 0.4) is 0 Å². The van der Waals surface area contributed by atoms with Crippen molar-refractivity contribution in [3.05, 3.63) is 57.6 Å². The number of amides is 2. The summed E-state index contributed by atoms with van der Waals surface area (Å²) in [6.07, 6.45) is 4.30. The van der Waals surface area contributed by atoms with Crippen molar-refractivity contribution < 1.29 is 14.3 Å². The largest absolute Gasteiger partial charge is 0.476 e. The molecule has 7 heteroatoms. The van der Waals surface area contributed by atoms with E-state index in [4.69, 9.17) is 27.9 Å². The number of rotatable bonds is 4. The summed E-state index contributed by atoms with van der Waals surface area (Å²) in [6, 6.07) is 10.6. The fourth-order valence-corrected chi connectivity index (χ4v) is 4.49. The van der Waals surface area contributed by atoms with E-state index in [1.165, 1.54) is 0 Å². The number of nitrogens with one attached hydrogen (secondary N) is 1. The van der Waals surface area contributed by atoms with Gasteiger partial charge < -0.3 is 15.0 Å². The Labute approximate surface area is 186 Å². The average molecular weight is 447 g/mol. The summed E-state index contributed by atoms with van der Waals surface area (Å²) < 4.78 is 5.94. The lowest BCUT2D eigenvalue weighted by molar-refractivity contribution is -0.132. The maximum Gasteiger partial charge on any atom is 0.271 e. The van der Waals surface area contributed by atoms with Crippen molar-refractivity contribution in [1.29, 1.82) is 0 Å². The van der Waals surface area contributed by atoms with Crippen LogP contribution < -0.4 is 15.0 Å². The molecular weight excluding hydrogens is 423 g/mol. The molecule has 1 aliphatic heterocycles. The summed E-state index contributed by atoms with van der Waals surface area (Å²) in [7, 11) is 0. The fourth-order valence-electron chi connectivity index (χ4n) is 4.02. The Morgan fingerprint density at radius 1 is 1.17 bits per heavy atom. The predicted octanol–water partition coefficient (Wildman–Crippen LogP) is 5.37. The first kappa shape index (κ1) is 21.0. The molecule has 0 atom stereocenters. The van der Waals surface area contributed by atoms with Crippen LogP contribution in [0.15, 0.2) is 36.4 Å². The van der Waals surface area contributed by atoms with E-state index in [0.717, 1.165) is 31.2 Å². The van der Waals surface area contributed by atoms with E-state index in [-0.39, 0.29) is 24.4 Å². The summed E-state index contributed by atoms with van der Waals surface area (Å²) >= 11 is 12.4. The first-order valence-electron chi connectivity index (χ1n) is 10.1. The van der Waals surface area contributed by atoms with Gasteiger partial charge in [0, 0.05) is 21.7 Å². The molecule has 1 heterocycles. The van der Waals surface area contributed by atoms with Crippen molar-refractivity contribution in [1.82, 2.24) is 5.32 Å². The highest BCUT2D eigenvalue weighted by molar-refractivity contribution is 6.35. The zero-order valence-corrected chi connectivity index (χ0v) is 18.5. The molecule has 4 rings (SSSR count). The van der Waals surface area contributed by atoms with Gasteiger partial charge in [-0.1, -0.05) is 42.1 Å². The maximum atomic E-state index is 13.2. The molecule has 2 aliphatic rings. The van der Waals surface area contributed by atoms with Gasteiger partial charge in [-0.15, -0.1) is 0 Å². The van der Waals surface area contributed by atoms with Crippen LogP contribution in [0.5, 0.6) is 5.75 Å². The highest BCUT2D eigenvalue weighted by Crippen LogP contribution is 2.40. The first-order chi connectivity index (χ1) is 14.2. The predicted molar refractivity (Wildman–Crippen MR) is 119 cm³/mol. The monoisotopic (exact) mass is 446 g/mol. The van der Waals surface area contributed by atoms with Gasteiger partial charge in [0.2, 0.25) is 0 Å². The van der Waals surface area contributed by atoms with Crippen LogP contribution in [0.1, 0.15) is 55.5 Å². The molecule has 0 radical (unpaired) electrons. The van der Waals surface area contributed by atoms with Crippen LogP contribution in [-0.4, -0.2) is 23.5 Å². The topological polar surface area (TPSA) is 58.6 Å². The Morgan fingerprint density at radius 2 is 1.90 bits per heavy atom. The van der Waals surface area contributed by atoms with Gasteiger partial charge in [-0.05, 0) is 62.6 Å². The van der Waals surface area contributed by atoms with Gasteiger partial charge in [0.05, 0.1) is 12.2 Å². The van der Waals surface area contributed by atoms with Crippen molar-refractivity contribution in [3.63, 3.8) is 0 Å². The molecule has 158 valence electrons. The Hall–Kier alpha value is -2.24. The molecule has 1 fully saturated rings. The van der Waals surface area contributed by atoms with Crippen molar-refractivity contribution in [2.24, 2.45) is 0 Å². The second-order valence-corrected chi connectivity index (χ2v) is 9.22. The van der Waals surface area contributed by atoms with E-state index in [1.807, 2.05) is 0 Å². The normalized spacial score (nSPS) is 18.1. The lowest BCUT2D eigenvalue weighted by atomic mass is 10.0. The number of halogens is 2. The molecule has 0 unspecified atom stereocenters. The molecule has 0 saturated heterocycles. The number of fused-ring (bicyclic) bond motifs is 1. The number of hydrogen-bond donors (Lipinski definition) is 1. The Kier molecular flexibility index (Phi) is 5.69. The number of ether oxygens (including phenoxy) is 1. The number of benzene rings is 2. The van der Waals surface area contributed by atoms with E-state index >= 15 is 0 Å². The van der Waals surface area contributed by atoms with Gasteiger partial charge in [-0.25, -0.2) is 0 Å². The summed E-state index contributed by atoms with van der Waals surface area (Å²) in [6.45, 7) is 3.72. The standard InChI is InChI=1S/C23H24Cl2N2O3/c1-23(2)22(29)27(13-15-7-9-16(24)12-18(15)25)19-11-14(8-10-20(19)30-23)21(28)26-17-5-3-4-6-17/h7-12,17H,3-6,13H2,1-2H3,(H,26,28).